The Hall–Kier alpha value is -3.54. The van der Waals surface area contributed by atoms with E-state index in [9.17, 15) is 4.79 Å². The van der Waals surface area contributed by atoms with E-state index in [4.69, 9.17) is 14.2 Å². The van der Waals surface area contributed by atoms with Gasteiger partial charge in [0.15, 0.2) is 35.1 Å². The normalized spacial score (nSPS) is 25.6. The van der Waals surface area contributed by atoms with Gasteiger partial charge in [0.1, 0.15) is 18.5 Å². The van der Waals surface area contributed by atoms with Gasteiger partial charge in [-0.15, -0.1) is 0 Å². The molecule has 1 saturated carbocycles. The zero-order valence-corrected chi connectivity index (χ0v) is 23.2. The number of para-hydroxylation sites is 1. The van der Waals surface area contributed by atoms with E-state index in [1.165, 1.54) is 22.8 Å². The number of anilines is 1. The van der Waals surface area contributed by atoms with Gasteiger partial charge in [-0.1, -0.05) is 18.2 Å². The molecule has 0 unspecified atom stereocenters. The van der Waals surface area contributed by atoms with E-state index >= 15 is 0 Å². The molecule has 3 aromatic heterocycles. The topological polar surface area (TPSA) is 117 Å². The molecule has 2 saturated heterocycles. The highest BCUT2D eigenvalue weighted by Crippen LogP contribution is 2.44. The molecule has 7 rings (SSSR count). The van der Waals surface area contributed by atoms with Gasteiger partial charge in [-0.3, -0.25) is 9.36 Å². The van der Waals surface area contributed by atoms with Crippen molar-refractivity contribution in [1.82, 2.24) is 29.4 Å². The minimum absolute atomic E-state index is 0.165. The van der Waals surface area contributed by atoms with Crippen LogP contribution < -0.4 is 10.6 Å². The fourth-order valence-electron chi connectivity index (χ4n) is 5.91. The number of hydrogen-bond donors (Lipinski definition) is 2. The summed E-state index contributed by atoms with van der Waals surface area (Å²) < 4.78 is 22.8. The summed E-state index contributed by atoms with van der Waals surface area (Å²) in [6, 6.07) is 9.12. The minimum atomic E-state index is -0.827. The lowest BCUT2D eigenvalue weighted by Gasteiger charge is -2.24. The summed E-state index contributed by atoms with van der Waals surface area (Å²) in [6.45, 7) is 8.79. The van der Waals surface area contributed by atoms with Crippen molar-refractivity contribution in [2.45, 2.75) is 89.4 Å². The molecule has 210 valence electrons. The number of fused-ring (bicyclic) bond motifs is 3. The lowest BCUT2D eigenvalue weighted by atomic mass is 10.1. The Bertz CT molecular complexity index is 1570. The van der Waals surface area contributed by atoms with Crippen LogP contribution in [0, 0.1) is 0 Å². The number of nitrogens with zero attached hydrogens (tertiary/aromatic N) is 5. The Balaban J connectivity index is 1.12. The fraction of sp³-hybridized carbons (Fsp3) is 0.517. The lowest BCUT2D eigenvalue weighted by Crippen LogP contribution is -2.43. The van der Waals surface area contributed by atoms with Gasteiger partial charge in [0.05, 0.1) is 6.33 Å². The third kappa shape index (κ3) is 4.42. The molecule has 5 heterocycles. The number of amides is 1. The van der Waals surface area contributed by atoms with Crippen LogP contribution in [0.3, 0.4) is 0 Å². The zero-order chi connectivity index (χ0) is 27.6. The third-order valence-corrected chi connectivity index (χ3v) is 7.91. The number of carbonyl (C=O) groups is 1. The third-order valence-electron chi connectivity index (χ3n) is 7.91. The molecule has 3 aliphatic rings. The maximum absolute atomic E-state index is 13.0. The molecular formula is C29H35N7O4. The quantitative estimate of drug-likeness (QED) is 0.344. The average molecular weight is 546 g/mol. The summed E-state index contributed by atoms with van der Waals surface area (Å²) in [5.74, 6) is -0.342. The van der Waals surface area contributed by atoms with Crippen molar-refractivity contribution in [3.05, 3.63) is 48.7 Å². The van der Waals surface area contributed by atoms with Crippen molar-refractivity contribution in [3.63, 3.8) is 0 Å². The van der Waals surface area contributed by atoms with Crippen LogP contribution in [0.15, 0.2) is 43.1 Å². The zero-order valence-electron chi connectivity index (χ0n) is 23.2. The first-order valence-corrected chi connectivity index (χ1v) is 14.1. The first-order valence-electron chi connectivity index (χ1n) is 14.1. The predicted molar refractivity (Wildman–Crippen MR) is 149 cm³/mol. The summed E-state index contributed by atoms with van der Waals surface area (Å²) in [4.78, 5) is 26.6. The van der Waals surface area contributed by atoms with Crippen molar-refractivity contribution in [1.29, 1.82) is 0 Å². The van der Waals surface area contributed by atoms with Crippen molar-refractivity contribution in [3.8, 4) is 0 Å². The molecule has 4 atom stereocenters. The number of rotatable bonds is 8. The highest BCUT2D eigenvalue weighted by atomic mass is 16.8. The SMILES string of the molecule is CC(C)n1cc(CCNc2ncnc3c2ncn3[C@@H]2O[C@H](C(=O)NC3CC3)[C@H]3OC(C)(C)O[C@H]32)c2ccccc21. The van der Waals surface area contributed by atoms with Gasteiger partial charge < -0.3 is 29.4 Å². The van der Waals surface area contributed by atoms with Crippen LogP contribution in [0.4, 0.5) is 5.82 Å². The van der Waals surface area contributed by atoms with Gasteiger partial charge in [-0.2, -0.15) is 0 Å². The van der Waals surface area contributed by atoms with Crippen LogP contribution in [0.5, 0.6) is 0 Å². The first kappa shape index (κ1) is 25.4. The summed E-state index contributed by atoms with van der Waals surface area (Å²) in [7, 11) is 0. The summed E-state index contributed by atoms with van der Waals surface area (Å²) in [6.07, 6.45) is 5.88. The first-order chi connectivity index (χ1) is 19.3. The van der Waals surface area contributed by atoms with E-state index in [1.807, 2.05) is 18.4 Å². The van der Waals surface area contributed by atoms with Gasteiger partial charge in [0.2, 0.25) is 0 Å². The van der Waals surface area contributed by atoms with E-state index in [-0.39, 0.29) is 11.9 Å². The Morgan fingerprint density at radius 3 is 2.73 bits per heavy atom. The molecule has 0 bridgehead atoms. The lowest BCUT2D eigenvalue weighted by molar-refractivity contribution is -0.197. The van der Waals surface area contributed by atoms with Crippen molar-refractivity contribution in [2.24, 2.45) is 0 Å². The number of benzene rings is 1. The highest BCUT2D eigenvalue weighted by Gasteiger charge is 2.58. The van der Waals surface area contributed by atoms with Gasteiger partial charge in [0, 0.05) is 35.7 Å². The van der Waals surface area contributed by atoms with Crippen molar-refractivity contribution in [2.75, 3.05) is 11.9 Å². The number of ether oxygens (including phenoxy) is 3. The number of aromatic nitrogens is 5. The van der Waals surface area contributed by atoms with E-state index < -0.39 is 30.3 Å². The monoisotopic (exact) mass is 545 g/mol. The van der Waals surface area contributed by atoms with Crippen LogP contribution in [0.1, 0.15) is 58.4 Å². The second-order valence-corrected chi connectivity index (χ2v) is 11.7. The molecular weight excluding hydrogens is 510 g/mol. The van der Waals surface area contributed by atoms with Crippen molar-refractivity contribution < 1.29 is 19.0 Å². The number of imidazole rings is 1. The summed E-state index contributed by atoms with van der Waals surface area (Å²) in [5.41, 5.74) is 3.77. The Morgan fingerprint density at radius 2 is 1.93 bits per heavy atom. The average Bonchev–Trinajstić information content (AvgIpc) is 3.23. The highest BCUT2D eigenvalue weighted by molar-refractivity contribution is 5.85. The van der Waals surface area contributed by atoms with E-state index in [1.54, 1.807) is 6.33 Å². The molecule has 0 radical (unpaired) electrons. The molecule has 11 nitrogen and oxygen atoms in total. The number of carbonyl (C=O) groups excluding carboxylic acids is 1. The molecule has 1 aromatic carbocycles. The van der Waals surface area contributed by atoms with E-state index in [0.717, 1.165) is 19.3 Å². The van der Waals surface area contributed by atoms with Gasteiger partial charge in [-0.25, -0.2) is 15.0 Å². The Labute approximate surface area is 232 Å². The molecule has 4 aromatic rings. The molecule has 1 amide bonds. The minimum Gasteiger partial charge on any atom is -0.368 e. The second kappa shape index (κ2) is 9.53. The standard InChI is InChI=1S/C29H35N7O4/c1-16(2)35-13-17(19-7-5-6-8-20(19)35)11-12-30-25-21-26(32-14-31-25)36(15-33-21)28-24-22(39-29(3,4)40-24)23(38-28)27(37)34-18-9-10-18/h5-8,13-16,18,22-24,28H,9-12H2,1-4H3,(H,34,37)(H,30,31,32)/t22-,23+,24-,28-/m1/s1. The maximum Gasteiger partial charge on any atom is 0.252 e. The van der Waals surface area contributed by atoms with Gasteiger partial charge in [-0.05, 0) is 58.6 Å². The van der Waals surface area contributed by atoms with Gasteiger partial charge in [0.25, 0.3) is 5.91 Å². The Kier molecular flexibility index (Phi) is 6.06. The summed E-state index contributed by atoms with van der Waals surface area (Å²) >= 11 is 0. The molecule has 0 spiro atoms. The second-order valence-electron chi connectivity index (χ2n) is 11.7. The summed E-state index contributed by atoms with van der Waals surface area (Å²) in [5, 5.41) is 7.77. The van der Waals surface area contributed by atoms with Crippen LogP contribution in [-0.4, -0.2) is 66.7 Å². The smallest absolute Gasteiger partial charge is 0.252 e. The molecule has 2 N–H and O–H groups in total. The fourth-order valence-corrected chi connectivity index (χ4v) is 5.91. The Morgan fingerprint density at radius 1 is 1.12 bits per heavy atom. The molecule has 40 heavy (non-hydrogen) atoms. The number of hydrogen-bond acceptors (Lipinski definition) is 8. The van der Waals surface area contributed by atoms with Gasteiger partial charge >= 0.3 is 0 Å². The van der Waals surface area contributed by atoms with E-state index in [2.05, 4.69) is 74.5 Å². The number of nitrogens with one attached hydrogen (secondary N) is 2. The molecule has 2 aliphatic heterocycles. The largest absolute Gasteiger partial charge is 0.368 e. The van der Waals surface area contributed by atoms with Crippen LogP contribution in [-0.2, 0) is 25.4 Å². The van der Waals surface area contributed by atoms with Crippen molar-refractivity contribution >= 4 is 33.8 Å². The molecule has 11 heteroatoms. The van der Waals surface area contributed by atoms with Crippen LogP contribution in [0.25, 0.3) is 22.1 Å². The van der Waals surface area contributed by atoms with E-state index in [0.29, 0.717) is 29.6 Å². The molecule has 1 aliphatic carbocycles. The van der Waals surface area contributed by atoms with Crippen LogP contribution in [0.2, 0.25) is 0 Å². The van der Waals surface area contributed by atoms with Crippen LogP contribution >= 0.6 is 0 Å². The maximum atomic E-state index is 13.0. The molecule has 3 fully saturated rings. The predicted octanol–water partition coefficient (Wildman–Crippen LogP) is 3.71.